The molecule has 0 atom stereocenters. The lowest BCUT2D eigenvalue weighted by molar-refractivity contribution is 0.105. The fraction of sp³-hybridized carbons (Fsp3) is 0.500. The predicted molar refractivity (Wildman–Crippen MR) is 113 cm³/mol. The summed E-state index contributed by atoms with van der Waals surface area (Å²) in [6.07, 6.45) is 9.29. The van der Waals surface area contributed by atoms with Crippen LogP contribution in [0, 0.1) is 23.4 Å². The maximum atomic E-state index is 14.8. The largest absolute Gasteiger partial charge is 0.332 e. The molecule has 0 unspecified atom stereocenters. The lowest BCUT2D eigenvalue weighted by Crippen LogP contribution is -2.13. The van der Waals surface area contributed by atoms with Crippen LogP contribution in [0.3, 0.4) is 0 Å². The quantitative estimate of drug-likeness (QED) is 0.207. The molecule has 0 N–H and O–H groups in total. The topological polar surface area (TPSA) is 0 Å². The number of alkyl halides is 3. The summed E-state index contributed by atoms with van der Waals surface area (Å²) in [6.45, 7) is 2.20. The van der Waals surface area contributed by atoms with Crippen LogP contribution in [0.1, 0.15) is 75.3 Å². The summed E-state index contributed by atoms with van der Waals surface area (Å²) in [7, 11) is 0. The highest BCUT2D eigenvalue weighted by molar-refractivity contribution is 9.09. The molecule has 0 aliphatic heterocycles. The standard InChI is InChI=1S/C24H26BrF5/c1-2-3-4-5-15-6-8-16(9-7-15)17-10-11-19(20(26)12-17)18-13-21(27)23(22(28)14-18)24(25,29)30/h10-16H,2-9H2,1H3. The molecule has 0 nitrogen and oxygen atoms in total. The van der Waals surface area contributed by atoms with Crippen LogP contribution in [-0.4, -0.2) is 0 Å². The molecule has 6 heteroatoms. The first-order valence-corrected chi connectivity index (χ1v) is 11.4. The van der Waals surface area contributed by atoms with E-state index in [4.69, 9.17) is 0 Å². The van der Waals surface area contributed by atoms with Crippen LogP contribution in [0.2, 0.25) is 0 Å². The Balaban J connectivity index is 1.74. The predicted octanol–water partition coefficient (Wildman–Crippen LogP) is 9.07. The first kappa shape index (κ1) is 23.2. The Kier molecular flexibility index (Phi) is 7.59. The van der Waals surface area contributed by atoms with E-state index in [-0.39, 0.29) is 17.0 Å². The minimum atomic E-state index is -3.84. The van der Waals surface area contributed by atoms with Crippen molar-refractivity contribution in [3.05, 3.63) is 58.9 Å². The number of hydrogen-bond acceptors (Lipinski definition) is 0. The van der Waals surface area contributed by atoms with Crippen LogP contribution < -0.4 is 0 Å². The van der Waals surface area contributed by atoms with Crippen LogP contribution in [-0.2, 0) is 4.83 Å². The third kappa shape index (κ3) is 5.43. The van der Waals surface area contributed by atoms with Gasteiger partial charge in [0.1, 0.15) is 23.0 Å². The number of hydrogen-bond donors (Lipinski definition) is 0. The molecule has 0 amide bonds. The summed E-state index contributed by atoms with van der Waals surface area (Å²) in [6, 6.07) is 6.17. The van der Waals surface area contributed by atoms with E-state index in [2.05, 4.69) is 6.92 Å². The van der Waals surface area contributed by atoms with E-state index in [1.807, 2.05) is 15.9 Å². The Bertz CT molecular complexity index is 843. The van der Waals surface area contributed by atoms with E-state index in [0.717, 1.165) is 49.3 Å². The van der Waals surface area contributed by atoms with Gasteiger partial charge in [-0.1, -0.05) is 44.7 Å². The van der Waals surface area contributed by atoms with Gasteiger partial charge in [0.2, 0.25) is 0 Å². The monoisotopic (exact) mass is 488 g/mol. The Labute approximate surface area is 183 Å². The molecule has 0 aromatic heterocycles. The highest BCUT2D eigenvalue weighted by Gasteiger charge is 2.35. The molecule has 0 bridgehead atoms. The van der Waals surface area contributed by atoms with Crippen molar-refractivity contribution in [1.29, 1.82) is 0 Å². The van der Waals surface area contributed by atoms with Gasteiger partial charge in [0.05, 0.1) is 0 Å². The third-order valence-corrected chi connectivity index (χ3v) is 6.56. The number of unbranched alkanes of at least 4 members (excludes halogenated alkanes) is 2. The molecule has 0 heterocycles. The molecule has 2 aromatic carbocycles. The second-order valence-corrected chi connectivity index (χ2v) is 9.26. The van der Waals surface area contributed by atoms with E-state index < -0.39 is 27.8 Å². The van der Waals surface area contributed by atoms with Gasteiger partial charge in [-0.2, -0.15) is 8.78 Å². The summed E-state index contributed by atoms with van der Waals surface area (Å²) < 4.78 is 69.6. The van der Waals surface area contributed by atoms with Gasteiger partial charge in [0.15, 0.2) is 0 Å². The second-order valence-electron chi connectivity index (χ2n) is 8.27. The number of benzene rings is 2. The fourth-order valence-electron chi connectivity index (χ4n) is 4.49. The molecule has 1 saturated carbocycles. The van der Waals surface area contributed by atoms with E-state index in [9.17, 15) is 22.0 Å². The second kappa shape index (κ2) is 9.80. The molecule has 30 heavy (non-hydrogen) atoms. The average molecular weight is 489 g/mol. The molecule has 0 radical (unpaired) electrons. The highest BCUT2D eigenvalue weighted by Crippen LogP contribution is 2.41. The summed E-state index contributed by atoms with van der Waals surface area (Å²) in [5.74, 6) is -2.42. The zero-order valence-electron chi connectivity index (χ0n) is 17.0. The molecule has 1 aliphatic rings. The van der Waals surface area contributed by atoms with Crippen molar-refractivity contribution in [2.24, 2.45) is 5.92 Å². The van der Waals surface area contributed by atoms with Gasteiger partial charge in [-0.3, -0.25) is 0 Å². The van der Waals surface area contributed by atoms with Crippen molar-refractivity contribution >= 4 is 15.9 Å². The van der Waals surface area contributed by atoms with Crippen molar-refractivity contribution in [2.75, 3.05) is 0 Å². The fourth-order valence-corrected chi connectivity index (χ4v) is 4.87. The van der Waals surface area contributed by atoms with Crippen molar-refractivity contribution in [2.45, 2.75) is 69.0 Å². The minimum Gasteiger partial charge on any atom is -0.206 e. The zero-order valence-corrected chi connectivity index (χ0v) is 18.6. The molecular formula is C24H26BrF5. The van der Waals surface area contributed by atoms with E-state index in [0.29, 0.717) is 0 Å². The Morgan fingerprint density at radius 3 is 2.07 bits per heavy atom. The summed E-state index contributed by atoms with van der Waals surface area (Å²) in [4.78, 5) is -3.84. The van der Waals surface area contributed by atoms with Crippen LogP contribution in [0.4, 0.5) is 22.0 Å². The van der Waals surface area contributed by atoms with E-state index in [1.54, 1.807) is 6.07 Å². The summed E-state index contributed by atoms with van der Waals surface area (Å²) >= 11 is 1.97. The molecular weight excluding hydrogens is 463 g/mol. The maximum Gasteiger partial charge on any atom is 0.332 e. The Morgan fingerprint density at radius 2 is 1.53 bits per heavy atom. The zero-order chi connectivity index (χ0) is 21.9. The SMILES string of the molecule is CCCCCC1CCC(c2ccc(-c3cc(F)c(C(F)(F)Br)c(F)c3)c(F)c2)CC1. The highest BCUT2D eigenvalue weighted by atomic mass is 79.9. The number of halogens is 6. The van der Waals surface area contributed by atoms with Gasteiger partial charge in [0, 0.05) is 5.56 Å². The lowest BCUT2D eigenvalue weighted by Gasteiger charge is -2.29. The average Bonchev–Trinajstić information content (AvgIpc) is 2.67. The first-order chi connectivity index (χ1) is 14.2. The maximum absolute atomic E-state index is 14.8. The van der Waals surface area contributed by atoms with Crippen LogP contribution in [0.15, 0.2) is 30.3 Å². The number of rotatable bonds is 7. The smallest absolute Gasteiger partial charge is 0.206 e. The van der Waals surface area contributed by atoms with Gasteiger partial charge in [0.25, 0.3) is 0 Å². The summed E-state index contributed by atoms with van der Waals surface area (Å²) in [5.41, 5.74) is -0.602. The lowest BCUT2D eigenvalue weighted by atomic mass is 9.77. The first-order valence-electron chi connectivity index (χ1n) is 10.6. The molecule has 1 aliphatic carbocycles. The van der Waals surface area contributed by atoms with E-state index >= 15 is 0 Å². The third-order valence-electron chi connectivity index (χ3n) is 6.16. The van der Waals surface area contributed by atoms with Crippen molar-refractivity contribution in [1.82, 2.24) is 0 Å². The van der Waals surface area contributed by atoms with Crippen molar-refractivity contribution in [3.63, 3.8) is 0 Å². The van der Waals surface area contributed by atoms with Gasteiger partial charge in [-0.05, 0) is 82.8 Å². The molecule has 3 rings (SSSR count). The normalized spacial score (nSPS) is 19.8. The van der Waals surface area contributed by atoms with Gasteiger partial charge in [-0.15, -0.1) is 0 Å². The van der Waals surface area contributed by atoms with Gasteiger partial charge in [-0.25, -0.2) is 13.2 Å². The van der Waals surface area contributed by atoms with Crippen molar-refractivity contribution < 1.29 is 22.0 Å². The van der Waals surface area contributed by atoms with Gasteiger partial charge < -0.3 is 0 Å². The van der Waals surface area contributed by atoms with Gasteiger partial charge >= 0.3 is 4.83 Å². The molecule has 164 valence electrons. The molecule has 2 aromatic rings. The van der Waals surface area contributed by atoms with Crippen LogP contribution in [0.5, 0.6) is 0 Å². The summed E-state index contributed by atoms with van der Waals surface area (Å²) in [5, 5.41) is 0. The molecule has 0 saturated heterocycles. The Morgan fingerprint density at radius 1 is 0.900 bits per heavy atom. The van der Waals surface area contributed by atoms with Crippen LogP contribution >= 0.6 is 15.9 Å². The van der Waals surface area contributed by atoms with Crippen molar-refractivity contribution in [3.8, 4) is 11.1 Å². The Hall–Kier alpha value is -1.43. The molecule has 0 spiro atoms. The molecule has 1 fully saturated rings. The van der Waals surface area contributed by atoms with E-state index in [1.165, 1.54) is 37.8 Å². The minimum absolute atomic E-state index is 0.00533. The van der Waals surface area contributed by atoms with Crippen LogP contribution in [0.25, 0.3) is 11.1 Å².